The zero-order valence-electron chi connectivity index (χ0n) is 14.6. The van der Waals surface area contributed by atoms with E-state index in [9.17, 15) is 14.4 Å². The number of carbonyl (C=O) groups is 3. The molecule has 2 amide bonds. The molecule has 10 heteroatoms. The van der Waals surface area contributed by atoms with Crippen LogP contribution >= 0.6 is 23.2 Å². The maximum Gasteiger partial charge on any atom is 0.325 e. The first-order chi connectivity index (χ1) is 12.8. The number of amides is 2. The number of aryl methyl sites for hydroxylation is 2. The second-order valence-corrected chi connectivity index (χ2v) is 6.34. The monoisotopic (exact) mass is 413 g/mol. The van der Waals surface area contributed by atoms with Gasteiger partial charge in [0.1, 0.15) is 12.3 Å². The molecular weight excluding hydrogens is 397 g/mol. The van der Waals surface area contributed by atoms with Crippen LogP contribution in [0, 0.1) is 13.8 Å². The number of rotatable bonds is 7. The molecule has 0 aliphatic heterocycles. The lowest BCUT2D eigenvalue weighted by atomic mass is 10.2. The standard InChI is InChI=1S/C17H17Cl2N3O5/c1-9-10(2)27-15(22-9)8-26-16(24)7-20-14(23)6-21-17(25)12-4-3-11(18)5-13(12)19/h3-5H,6-8H2,1-2H3,(H,20,23)(H,21,25). The van der Waals surface area contributed by atoms with Gasteiger partial charge in [-0.2, -0.15) is 0 Å². The van der Waals surface area contributed by atoms with E-state index in [1.54, 1.807) is 13.8 Å². The number of carbonyl (C=O) groups excluding carboxylic acids is 3. The number of benzene rings is 1. The van der Waals surface area contributed by atoms with Gasteiger partial charge in [0.2, 0.25) is 11.8 Å². The fourth-order valence-corrected chi connectivity index (χ4v) is 2.45. The highest BCUT2D eigenvalue weighted by atomic mass is 35.5. The first kappa shape index (κ1) is 20.7. The molecule has 2 aromatic rings. The highest BCUT2D eigenvalue weighted by Gasteiger charge is 2.13. The van der Waals surface area contributed by atoms with Crippen LogP contribution in [-0.2, 0) is 20.9 Å². The van der Waals surface area contributed by atoms with Crippen LogP contribution in [0.2, 0.25) is 10.0 Å². The highest BCUT2D eigenvalue weighted by molar-refractivity contribution is 6.36. The Kier molecular flexibility index (Phi) is 7.20. The van der Waals surface area contributed by atoms with Crippen LogP contribution in [0.15, 0.2) is 22.6 Å². The summed E-state index contributed by atoms with van der Waals surface area (Å²) in [5, 5.41) is 5.29. The molecule has 1 aromatic heterocycles. The first-order valence-corrected chi connectivity index (χ1v) is 8.60. The Balaban J connectivity index is 1.70. The van der Waals surface area contributed by atoms with Gasteiger partial charge in [0.25, 0.3) is 5.91 Å². The van der Waals surface area contributed by atoms with Gasteiger partial charge >= 0.3 is 5.97 Å². The number of halogens is 2. The van der Waals surface area contributed by atoms with Crippen molar-refractivity contribution < 1.29 is 23.5 Å². The summed E-state index contributed by atoms with van der Waals surface area (Å²) in [5.74, 6) is -0.844. The first-order valence-electron chi connectivity index (χ1n) is 7.84. The molecule has 0 bridgehead atoms. The molecule has 144 valence electrons. The van der Waals surface area contributed by atoms with Gasteiger partial charge in [-0.05, 0) is 32.0 Å². The van der Waals surface area contributed by atoms with Gasteiger partial charge in [-0.15, -0.1) is 0 Å². The summed E-state index contributed by atoms with van der Waals surface area (Å²) in [6, 6.07) is 4.38. The van der Waals surface area contributed by atoms with Crippen LogP contribution in [0.25, 0.3) is 0 Å². The van der Waals surface area contributed by atoms with Crippen molar-refractivity contribution in [2.45, 2.75) is 20.5 Å². The van der Waals surface area contributed by atoms with E-state index >= 15 is 0 Å². The Morgan fingerprint density at radius 2 is 1.89 bits per heavy atom. The summed E-state index contributed by atoms with van der Waals surface area (Å²) in [6.45, 7) is 2.71. The third kappa shape index (κ3) is 6.26. The zero-order valence-corrected chi connectivity index (χ0v) is 16.1. The largest absolute Gasteiger partial charge is 0.454 e. The SMILES string of the molecule is Cc1nc(COC(=O)CNC(=O)CNC(=O)c2ccc(Cl)cc2Cl)oc1C. The molecule has 0 aliphatic rings. The average Bonchev–Trinajstić information content (AvgIpc) is 2.94. The number of nitrogens with one attached hydrogen (secondary N) is 2. The molecule has 27 heavy (non-hydrogen) atoms. The molecule has 0 saturated heterocycles. The molecule has 0 radical (unpaired) electrons. The van der Waals surface area contributed by atoms with Crippen LogP contribution < -0.4 is 10.6 Å². The van der Waals surface area contributed by atoms with E-state index in [0.717, 1.165) is 0 Å². The van der Waals surface area contributed by atoms with E-state index in [4.69, 9.17) is 32.4 Å². The number of hydrogen-bond acceptors (Lipinski definition) is 6. The van der Waals surface area contributed by atoms with E-state index in [1.807, 2.05) is 0 Å². The summed E-state index contributed by atoms with van der Waals surface area (Å²) in [4.78, 5) is 39.4. The topological polar surface area (TPSA) is 111 Å². The van der Waals surface area contributed by atoms with Crippen molar-refractivity contribution in [3.8, 4) is 0 Å². The highest BCUT2D eigenvalue weighted by Crippen LogP contribution is 2.20. The molecule has 8 nitrogen and oxygen atoms in total. The smallest absolute Gasteiger partial charge is 0.325 e. The molecule has 2 N–H and O–H groups in total. The van der Waals surface area contributed by atoms with Crippen LogP contribution in [0.1, 0.15) is 27.7 Å². The van der Waals surface area contributed by atoms with Gasteiger partial charge in [-0.25, -0.2) is 4.98 Å². The molecule has 2 rings (SSSR count). The fourth-order valence-electron chi connectivity index (χ4n) is 1.96. The van der Waals surface area contributed by atoms with Gasteiger partial charge in [-0.1, -0.05) is 23.2 Å². The van der Waals surface area contributed by atoms with Gasteiger partial charge in [-0.3, -0.25) is 14.4 Å². The lowest BCUT2D eigenvalue weighted by Crippen LogP contribution is -2.39. The normalized spacial score (nSPS) is 10.4. The molecule has 0 aliphatic carbocycles. The third-order valence-corrected chi connectivity index (χ3v) is 3.99. The number of nitrogens with zero attached hydrogens (tertiary/aromatic N) is 1. The molecular formula is C17H17Cl2N3O5. The van der Waals surface area contributed by atoms with Crippen molar-refractivity contribution in [3.63, 3.8) is 0 Å². The number of oxazole rings is 1. The zero-order chi connectivity index (χ0) is 20.0. The van der Waals surface area contributed by atoms with E-state index in [-0.39, 0.29) is 36.2 Å². The summed E-state index contributed by atoms with van der Waals surface area (Å²) in [5.41, 5.74) is 0.899. The fraction of sp³-hybridized carbons (Fsp3) is 0.294. The van der Waals surface area contributed by atoms with Crippen molar-refractivity contribution in [1.29, 1.82) is 0 Å². The Morgan fingerprint density at radius 1 is 1.15 bits per heavy atom. The third-order valence-electron chi connectivity index (χ3n) is 3.44. The van der Waals surface area contributed by atoms with Crippen LogP contribution in [0.4, 0.5) is 0 Å². The predicted octanol–water partition coefficient (Wildman–Crippen LogP) is 2.19. The summed E-state index contributed by atoms with van der Waals surface area (Å²) in [6.07, 6.45) is 0. The van der Waals surface area contributed by atoms with Gasteiger partial charge in [0.15, 0.2) is 6.61 Å². The van der Waals surface area contributed by atoms with Crippen molar-refractivity contribution in [3.05, 3.63) is 51.2 Å². The summed E-state index contributed by atoms with van der Waals surface area (Å²) in [7, 11) is 0. The van der Waals surface area contributed by atoms with Crippen LogP contribution in [0.3, 0.4) is 0 Å². The summed E-state index contributed by atoms with van der Waals surface area (Å²) < 4.78 is 10.2. The minimum Gasteiger partial charge on any atom is -0.454 e. The molecule has 0 atom stereocenters. The molecule has 0 unspecified atom stereocenters. The van der Waals surface area contributed by atoms with E-state index in [1.165, 1.54) is 18.2 Å². The number of hydrogen-bond donors (Lipinski definition) is 2. The second-order valence-electron chi connectivity index (χ2n) is 5.49. The van der Waals surface area contributed by atoms with Gasteiger partial charge < -0.3 is 19.8 Å². The van der Waals surface area contributed by atoms with E-state index in [0.29, 0.717) is 16.5 Å². The van der Waals surface area contributed by atoms with Crippen LogP contribution in [0.5, 0.6) is 0 Å². The van der Waals surface area contributed by atoms with E-state index in [2.05, 4.69) is 15.6 Å². The molecule has 0 spiro atoms. The van der Waals surface area contributed by atoms with Gasteiger partial charge in [0.05, 0.1) is 22.8 Å². The maximum absolute atomic E-state index is 12.0. The van der Waals surface area contributed by atoms with Crippen molar-refractivity contribution >= 4 is 41.0 Å². The lowest BCUT2D eigenvalue weighted by Gasteiger charge is -2.08. The predicted molar refractivity (Wildman–Crippen MR) is 97.6 cm³/mol. The van der Waals surface area contributed by atoms with E-state index < -0.39 is 17.8 Å². The van der Waals surface area contributed by atoms with Gasteiger partial charge in [0, 0.05) is 5.02 Å². The quantitative estimate of drug-likeness (QED) is 0.672. The van der Waals surface area contributed by atoms with Crippen molar-refractivity contribution in [2.75, 3.05) is 13.1 Å². The van der Waals surface area contributed by atoms with Crippen LogP contribution in [-0.4, -0.2) is 35.9 Å². The average molecular weight is 414 g/mol. The number of ether oxygens (including phenoxy) is 1. The molecule has 1 heterocycles. The molecule has 1 aromatic carbocycles. The second kappa shape index (κ2) is 9.38. The lowest BCUT2D eigenvalue weighted by molar-refractivity contribution is -0.145. The molecule has 0 saturated carbocycles. The number of aromatic nitrogens is 1. The Bertz CT molecular complexity index is 847. The Hall–Kier alpha value is -2.58. The minimum atomic E-state index is -0.663. The molecule has 0 fully saturated rings. The maximum atomic E-state index is 12.0. The number of esters is 1. The minimum absolute atomic E-state index is 0.130. The Labute approximate surface area is 165 Å². The van der Waals surface area contributed by atoms with Crippen molar-refractivity contribution in [1.82, 2.24) is 15.6 Å². The van der Waals surface area contributed by atoms with Crippen molar-refractivity contribution in [2.24, 2.45) is 0 Å². The Morgan fingerprint density at radius 3 is 2.52 bits per heavy atom. The summed E-state index contributed by atoms with van der Waals surface area (Å²) >= 11 is 11.7.